The number of aldehydes is 1. The first-order valence-corrected chi connectivity index (χ1v) is 6.84. The molecule has 2 rings (SSSR count). The van der Waals surface area contributed by atoms with E-state index in [9.17, 15) is 13.6 Å². The van der Waals surface area contributed by atoms with Gasteiger partial charge in [0.15, 0.2) is 17.9 Å². The molecule has 5 nitrogen and oxygen atoms in total. The first-order chi connectivity index (χ1) is 10.9. The van der Waals surface area contributed by atoms with Gasteiger partial charge in [0.25, 0.3) is 0 Å². The number of hydrogen-bond donors (Lipinski definition) is 2. The van der Waals surface area contributed by atoms with Gasteiger partial charge >= 0.3 is 0 Å². The maximum atomic E-state index is 13.7. The van der Waals surface area contributed by atoms with Crippen molar-refractivity contribution >= 4 is 29.4 Å². The van der Waals surface area contributed by atoms with Gasteiger partial charge in [-0.3, -0.25) is 4.79 Å². The summed E-state index contributed by atoms with van der Waals surface area (Å²) in [6.45, 7) is 1.71. The Kier molecular flexibility index (Phi) is 7.53. The van der Waals surface area contributed by atoms with Crippen LogP contribution < -0.4 is 10.8 Å². The zero-order valence-electron chi connectivity index (χ0n) is 12.8. The lowest BCUT2D eigenvalue weighted by Gasteiger charge is -2.11. The van der Waals surface area contributed by atoms with Gasteiger partial charge in [-0.1, -0.05) is 11.6 Å². The number of hydrogen-bond acceptors (Lipinski definition) is 5. The Balaban J connectivity index is 0.000000593. The lowest BCUT2D eigenvalue weighted by molar-refractivity contribution is 0.112. The number of nitrogens with zero attached hydrogens (tertiary/aromatic N) is 1. The van der Waals surface area contributed by atoms with Gasteiger partial charge in [-0.25, -0.2) is 19.2 Å². The first-order valence-electron chi connectivity index (χ1n) is 6.46. The smallest absolute Gasteiger partial charge is 0.182 e. The van der Waals surface area contributed by atoms with Crippen LogP contribution in [0.5, 0.6) is 0 Å². The third-order valence-electron chi connectivity index (χ3n) is 2.75. The molecule has 0 amide bonds. The number of nitrogens with one attached hydrogen (secondary N) is 2. The first kappa shape index (κ1) is 19.0. The molecular formula is C15H16ClF2N3O2. The van der Waals surface area contributed by atoms with E-state index >= 15 is 0 Å². The number of rotatable bonds is 4. The van der Waals surface area contributed by atoms with Crippen LogP contribution in [0.1, 0.15) is 15.9 Å². The summed E-state index contributed by atoms with van der Waals surface area (Å²) in [4.78, 5) is 19.1. The highest BCUT2D eigenvalue weighted by molar-refractivity contribution is 6.30. The van der Waals surface area contributed by atoms with E-state index in [4.69, 9.17) is 11.6 Å². The van der Waals surface area contributed by atoms with Gasteiger partial charge < -0.3 is 10.2 Å². The van der Waals surface area contributed by atoms with Gasteiger partial charge in [-0.05, 0) is 30.7 Å². The van der Waals surface area contributed by atoms with Crippen molar-refractivity contribution in [1.82, 2.24) is 10.5 Å². The molecule has 0 aliphatic rings. The van der Waals surface area contributed by atoms with E-state index in [0.29, 0.717) is 22.7 Å². The predicted octanol–water partition coefficient (Wildman–Crippen LogP) is 3.64. The number of pyridine rings is 1. The predicted molar refractivity (Wildman–Crippen MR) is 85.1 cm³/mol. The molecule has 0 radical (unpaired) electrons. The minimum atomic E-state index is -1.12. The molecule has 0 saturated carbocycles. The van der Waals surface area contributed by atoms with Crippen LogP contribution >= 0.6 is 11.6 Å². The Labute approximate surface area is 137 Å². The molecule has 0 aliphatic heterocycles. The maximum Gasteiger partial charge on any atom is 0.182 e. The molecule has 1 aromatic heterocycles. The molecule has 0 bridgehead atoms. The highest BCUT2D eigenvalue weighted by Crippen LogP contribution is 2.26. The number of hydroxylamine groups is 1. The normalized spacial score (nSPS) is 9.83. The van der Waals surface area contributed by atoms with E-state index < -0.39 is 11.6 Å². The molecule has 124 valence electrons. The molecule has 0 fully saturated rings. The van der Waals surface area contributed by atoms with Crippen molar-refractivity contribution in [2.75, 3.05) is 19.5 Å². The van der Waals surface area contributed by atoms with Crippen molar-refractivity contribution < 1.29 is 18.4 Å². The SMILES string of the molecule is CNOC.Cc1cc(Cl)cnc1Nc1c(C=O)ccc(F)c1F. The average molecular weight is 344 g/mol. The third-order valence-corrected chi connectivity index (χ3v) is 2.95. The van der Waals surface area contributed by atoms with Crippen molar-refractivity contribution in [3.05, 3.63) is 52.2 Å². The second-order valence-electron chi connectivity index (χ2n) is 4.30. The van der Waals surface area contributed by atoms with Crippen LogP contribution in [0.3, 0.4) is 0 Å². The maximum absolute atomic E-state index is 13.7. The molecular weight excluding hydrogens is 328 g/mol. The minimum absolute atomic E-state index is 0.00931. The summed E-state index contributed by atoms with van der Waals surface area (Å²) in [5.41, 5.74) is 2.84. The average Bonchev–Trinajstić information content (AvgIpc) is 2.54. The molecule has 8 heteroatoms. The Bertz CT molecular complexity index is 682. The fraction of sp³-hybridized carbons (Fsp3) is 0.200. The quantitative estimate of drug-likeness (QED) is 0.655. The van der Waals surface area contributed by atoms with Crippen LogP contribution in [0.15, 0.2) is 24.4 Å². The Hall–Kier alpha value is -2.09. The second-order valence-corrected chi connectivity index (χ2v) is 4.73. The van der Waals surface area contributed by atoms with Crippen LogP contribution in [-0.4, -0.2) is 25.4 Å². The summed E-state index contributed by atoms with van der Waals surface area (Å²) in [7, 11) is 3.28. The molecule has 23 heavy (non-hydrogen) atoms. The molecule has 2 N–H and O–H groups in total. The highest BCUT2D eigenvalue weighted by atomic mass is 35.5. The van der Waals surface area contributed by atoms with Gasteiger partial charge in [0.1, 0.15) is 5.82 Å². The Morgan fingerprint density at radius 2 is 2.00 bits per heavy atom. The molecule has 1 heterocycles. The van der Waals surface area contributed by atoms with Crippen molar-refractivity contribution in [3.63, 3.8) is 0 Å². The Morgan fingerprint density at radius 1 is 1.35 bits per heavy atom. The molecule has 0 aliphatic carbocycles. The van der Waals surface area contributed by atoms with E-state index in [0.717, 1.165) is 6.07 Å². The molecule has 1 aromatic carbocycles. The lowest BCUT2D eigenvalue weighted by Crippen LogP contribution is -2.03. The highest BCUT2D eigenvalue weighted by Gasteiger charge is 2.14. The van der Waals surface area contributed by atoms with Crippen molar-refractivity contribution in [2.45, 2.75) is 6.92 Å². The second kappa shape index (κ2) is 9.14. The molecule has 0 unspecified atom stereocenters. The van der Waals surface area contributed by atoms with Crippen molar-refractivity contribution in [1.29, 1.82) is 0 Å². The van der Waals surface area contributed by atoms with Crippen LogP contribution in [0.2, 0.25) is 5.02 Å². The topological polar surface area (TPSA) is 63.2 Å². The van der Waals surface area contributed by atoms with E-state index in [-0.39, 0.29) is 11.3 Å². The summed E-state index contributed by atoms with van der Waals surface area (Å²) < 4.78 is 26.9. The number of carbonyl (C=O) groups is 1. The van der Waals surface area contributed by atoms with E-state index in [1.807, 2.05) is 0 Å². The van der Waals surface area contributed by atoms with Crippen LogP contribution in [0.25, 0.3) is 0 Å². The number of anilines is 2. The van der Waals surface area contributed by atoms with Gasteiger partial charge in [0.2, 0.25) is 0 Å². The monoisotopic (exact) mass is 343 g/mol. The van der Waals surface area contributed by atoms with E-state index in [1.165, 1.54) is 12.3 Å². The minimum Gasteiger partial charge on any atom is -0.337 e. The van der Waals surface area contributed by atoms with Crippen LogP contribution in [0.4, 0.5) is 20.3 Å². The largest absolute Gasteiger partial charge is 0.337 e. The molecule has 0 spiro atoms. The number of halogens is 3. The van der Waals surface area contributed by atoms with Gasteiger partial charge in [-0.15, -0.1) is 0 Å². The zero-order valence-corrected chi connectivity index (χ0v) is 13.5. The summed E-state index contributed by atoms with van der Waals surface area (Å²) >= 11 is 5.75. The lowest BCUT2D eigenvalue weighted by atomic mass is 10.1. The fourth-order valence-electron chi connectivity index (χ4n) is 1.58. The van der Waals surface area contributed by atoms with Crippen molar-refractivity contribution in [2.24, 2.45) is 0 Å². The van der Waals surface area contributed by atoms with Crippen LogP contribution in [0, 0.1) is 18.6 Å². The van der Waals surface area contributed by atoms with Gasteiger partial charge in [0, 0.05) is 18.8 Å². The van der Waals surface area contributed by atoms with Gasteiger partial charge in [-0.2, -0.15) is 0 Å². The number of aryl methyl sites for hydroxylation is 1. The van der Waals surface area contributed by atoms with E-state index in [1.54, 1.807) is 27.1 Å². The summed E-state index contributed by atoms with van der Waals surface area (Å²) in [6, 6.07) is 3.71. The standard InChI is InChI=1S/C13H9ClF2N2O.C2H7NO/c1-7-4-9(14)5-17-13(7)18-12-8(6-19)2-3-10(15)11(12)16;1-3-4-2/h2-6H,1H3,(H,17,18);3H,1-2H3. The summed E-state index contributed by atoms with van der Waals surface area (Å²) in [5.74, 6) is -1.86. The van der Waals surface area contributed by atoms with Crippen LogP contribution in [-0.2, 0) is 4.84 Å². The number of carbonyl (C=O) groups excluding carboxylic acids is 1. The number of aromatic nitrogens is 1. The number of benzene rings is 1. The summed E-state index contributed by atoms with van der Waals surface area (Å²) in [6.07, 6.45) is 1.81. The third kappa shape index (κ3) is 5.24. The molecule has 0 saturated heterocycles. The zero-order chi connectivity index (χ0) is 17.4. The molecule has 0 atom stereocenters. The molecule has 2 aromatic rings. The van der Waals surface area contributed by atoms with E-state index in [2.05, 4.69) is 20.6 Å². The van der Waals surface area contributed by atoms with Gasteiger partial charge in [0.05, 0.1) is 17.8 Å². The Morgan fingerprint density at radius 3 is 2.52 bits per heavy atom. The van der Waals surface area contributed by atoms with Crippen molar-refractivity contribution in [3.8, 4) is 0 Å². The summed E-state index contributed by atoms with van der Waals surface area (Å²) in [5, 5.41) is 3.04. The fourth-order valence-corrected chi connectivity index (χ4v) is 1.79.